The molecule has 0 radical (unpaired) electrons. The first-order valence-electron chi connectivity index (χ1n) is 17.7. The van der Waals surface area contributed by atoms with Crippen LogP contribution in [0.25, 0.3) is 22.3 Å². The molecular weight excluding hydrogens is 582 g/mol. The third kappa shape index (κ3) is 12.3. The van der Waals surface area contributed by atoms with E-state index in [-0.39, 0.29) is 11.7 Å². The summed E-state index contributed by atoms with van der Waals surface area (Å²) in [7, 11) is 0. The highest BCUT2D eigenvalue weighted by Crippen LogP contribution is 2.38. The smallest absolute Gasteiger partial charge is 0.226 e. The molecule has 6 heteroatoms. The Morgan fingerprint density at radius 3 is 1.87 bits per heavy atom. The molecule has 46 heavy (non-hydrogen) atoms. The Bertz CT molecular complexity index is 1250. The van der Waals surface area contributed by atoms with Crippen molar-refractivity contribution >= 4 is 0 Å². The maximum Gasteiger partial charge on any atom is 0.226 e. The lowest BCUT2D eigenvalue weighted by Gasteiger charge is -2.28. The number of rotatable bonds is 24. The molecule has 0 fully saturated rings. The van der Waals surface area contributed by atoms with Gasteiger partial charge in [-0.15, -0.1) is 0 Å². The Morgan fingerprint density at radius 2 is 1.17 bits per heavy atom. The van der Waals surface area contributed by atoms with Gasteiger partial charge in [-0.05, 0) is 78.8 Å². The highest BCUT2D eigenvalue weighted by molar-refractivity contribution is 5.85. The van der Waals surface area contributed by atoms with Gasteiger partial charge in [-0.25, -0.2) is 8.78 Å². The van der Waals surface area contributed by atoms with E-state index in [0.29, 0.717) is 31.1 Å². The van der Waals surface area contributed by atoms with Crippen molar-refractivity contribution in [1.29, 1.82) is 0 Å². The molecule has 0 aliphatic carbocycles. The first-order valence-corrected chi connectivity index (χ1v) is 17.7. The summed E-state index contributed by atoms with van der Waals surface area (Å²) in [6.45, 7) is 10.5. The van der Waals surface area contributed by atoms with Gasteiger partial charge >= 0.3 is 0 Å². The molecule has 0 aromatic heterocycles. The zero-order valence-corrected chi connectivity index (χ0v) is 28.6. The molecule has 3 rings (SSSR count). The van der Waals surface area contributed by atoms with Gasteiger partial charge in [0.25, 0.3) is 0 Å². The van der Waals surface area contributed by atoms with E-state index in [1.54, 1.807) is 18.2 Å². The quantitative estimate of drug-likeness (QED) is 0.0723. The average Bonchev–Trinajstić information content (AvgIpc) is 3.07. The Hall–Kier alpha value is -2.96. The average molecular weight is 639 g/mol. The molecule has 3 aromatic rings. The summed E-state index contributed by atoms with van der Waals surface area (Å²) in [5.41, 5.74) is 2.35. The summed E-state index contributed by atoms with van der Waals surface area (Å²) in [6, 6.07) is 17.5. The molecule has 3 aromatic carbocycles. The van der Waals surface area contributed by atoms with Crippen LogP contribution < -0.4 is 9.47 Å². The molecule has 4 nitrogen and oxygen atoms in total. The highest BCUT2D eigenvalue weighted by atomic mass is 19.2. The van der Waals surface area contributed by atoms with Gasteiger partial charge in [0, 0.05) is 12.2 Å². The van der Waals surface area contributed by atoms with Crippen LogP contribution in [-0.2, 0) is 9.47 Å². The Morgan fingerprint density at radius 1 is 0.565 bits per heavy atom. The summed E-state index contributed by atoms with van der Waals surface area (Å²) >= 11 is 0. The monoisotopic (exact) mass is 638 g/mol. The number of unbranched alkanes of at least 4 members (excludes halogenated alkanes) is 9. The van der Waals surface area contributed by atoms with Crippen LogP contribution in [0.4, 0.5) is 8.78 Å². The SMILES string of the molecule is CCCCCCCCOc1ccc(-c2cc(OC(OCCCCC)[C@H](CC)OCCCCC)ccc2-c2cccc(F)c2F)cc1. The highest BCUT2D eigenvalue weighted by Gasteiger charge is 2.25. The molecule has 1 unspecified atom stereocenters. The summed E-state index contributed by atoms with van der Waals surface area (Å²) < 4.78 is 54.5. The maximum absolute atomic E-state index is 15.1. The fourth-order valence-corrected chi connectivity index (χ4v) is 5.46. The molecule has 0 heterocycles. The molecule has 0 N–H and O–H groups in total. The zero-order chi connectivity index (χ0) is 33.0. The predicted octanol–water partition coefficient (Wildman–Crippen LogP) is 11.9. The van der Waals surface area contributed by atoms with Gasteiger partial charge < -0.3 is 18.9 Å². The Kier molecular flexibility index (Phi) is 17.7. The summed E-state index contributed by atoms with van der Waals surface area (Å²) in [5.74, 6) is -0.390. The van der Waals surface area contributed by atoms with Crippen LogP contribution >= 0.6 is 0 Å². The molecule has 254 valence electrons. The van der Waals surface area contributed by atoms with Crippen LogP contribution in [0.15, 0.2) is 60.7 Å². The van der Waals surface area contributed by atoms with Crippen molar-refractivity contribution in [2.24, 2.45) is 0 Å². The second-order valence-electron chi connectivity index (χ2n) is 12.0. The lowest BCUT2D eigenvalue weighted by Crippen LogP contribution is -2.37. The summed E-state index contributed by atoms with van der Waals surface area (Å²) in [4.78, 5) is 0. The van der Waals surface area contributed by atoms with Crippen molar-refractivity contribution in [3.8, 4) is 33.8 Å². The van der Waals surface area contributed by atoms with Crippen LogP contribution in [0.3, 0.4) is 0 Å². The third-order valence-electron chi connectivity index (χ3n) is 8.23. The largest absolute Gasteiger partial charge is 0.494 e. The van der Waals surface area contributed by atoms with E-state index in [4.69, 9.17) is 18.9 Å². The van der Waals surface area contributed by atoms with E-state index in [1.165, 1.54) is 38.2 Å². The number of ether oxygens (including phenoxy) is 4. The normalized spacial score (nSPS) is 12.7. The van der Waals surface area contributed by atoms with E-state index in [0.717, 1.165) is 74.3 Å². The van der Waals surface area contributed by atoms with Crippen LogP contribution in [0.1, 0.15) is 111 Å². The van der Waals surface area contributed by atoms with Crippen molar-refractivity contribution < 1.29 is 27.7 Å². The predicted molar refractivity (Wildman–Crippen MR) is 186 cm³/mol. The molecule has 0 saturated heterocycles. The molecule has 2 atom stereocenters. The van der Waals surface area contributed by atoms with E-state index in [1.807, 2.05) is 30.3 Å². The maximum atomic E-state index is 15.1. The third-order valence-corrected chi connectivity index (χ3v) is 8.23. The Balaban J connectivity index is 1.86. The first kappa shape index (κ1) is 37.5. The second-order valence-corrected chi connectivity index (χ2v) is 12.0. The minimum Gasteiger partial charge on any atom is -0.494 e. The van der Waals surface area contributed by atoms with Crippen molar-refractivity contribution in [1.82, 2.24) is 0 Å². The minimum absolute atomic E-state index is 0.197. The van der Waals surface area contributed by atoms with Crippen LogP contribution in [0.2, 0.25) is 0 Å². The van der Waals surface area contributed by atoms with Gasteiger partial charge in [-0.3, -0.25) is 0 Å². The van der Waals surface area contributed by atoms with E-state index >= 15 is 4.39 Å². The number of hydrogen-bond acceptors (Lipinski definition) is 4. The molecular formula is C40H56F2O4. The fourth-order valence-electron chi connectivity index (χ4n) is 5.46. The van der Waals surface area contributed by atoms with Crippen LogP contribution in [0.5, 0.6) is 11.5 Å². The van der Waals surface area contributed by atoms with Gasteiger partial charge in [-0.1, -0.05) is 110 Å². The van der Waals surface area contributed by atoms with Gasteiger partial charge in [0.15, 0.2) is 11.6 Å². The topological polar surface area (TPSA) is 36.9 Å². The van der Waals surface area contributed by atoms with Gasteiger partial charge in [-0.2, -0.15) is 0 Å². The second kappa shape index (κ2) is 21.8. The number of hydrogen-bond donors (Lipinski definition) is 0. The lowest BCUT2D eigenvalue weighted by atomic mass is 9.94. The molecule has 0 amide bonds. The Labute approximate surface area is 276 Å². The van der Waals surface area contributed by atoms with Crippen LogP contribution in [-0.4, -0.2) is 32.2 Å². The lowest BCUT2D eigenvalue weighted by molar-refractivity contribution is -0.165. The van der Waals surface area contributed by atoms with Gasteiger partial charge in [0.05, 0.1) is 13.2 Å². The van der Waals surface area contributed by atoms with Crippen LogP contribution in [0, 0.1) is 11.6 Å². The zero-order valence-electron chi connectivity index (χ0n) is 28.6. The van der Waals surface area contributed by atoms with Gasteiger partial charge in [0.2, 0.25) is 6.29 Å². The first-order chi connectivity index (χ1) is 22.5. The van der Waals surface area contributed by atoms with Crippen molar-refractivity contribution in [3.05, 3.63) is 72.3 Å². The summed E-state index contributed by atoms with van der Waals surface area (Å²) in [5, 5.41) is 0. The van der Waals surface area contributed by atoms with E-state index in [9.17, 15) is 4.39 Å². The van der Waals surface area contributed by atoms with E-state index in [2.05, 4.69) is 27.7 Å². The fraction of sp³-hybridized carbons (Fsp3) is 0.550. The van der Waals surface area contributed by atoms with Gasteiger partial charge in [0.1, 0.15) is 17.6 Å². The molecule has 0 spiro atoms. The molecule has 0 aliphatic heterocycles. The molecule has 0 saturated carbocycles. The number of halogens is 2. The van der Waals surface area contributed by atoms with Crippen molar-refractivity contribution in [2.75, 3.05) is 19.8 Å². The molecule has 0 aliphatic rings. The standard InChI is InChI=1S/C40H56F2O4/c1-5-9-12-13-14-17-27-43-32-23-21-31(22-24-32)36-30-33(25-26-34(36)35-19-18-20-37(41)39(35)42)46-40(45-29-16-11-7-3)38(8-4)44-28-15-10-6-2/h18-26,30,38,40H,5-17,27-29H2,1-4H3/t38-,40?/m0/s1. The van der Waals surface area contributed by atoms with E-state index < -0.39 is 17.9 Å². The number of benzene rings is 3. The van der Waals surface area contributed by atoms with Crippen molar-refractivity contribution in [3.63, 3.8) is 0 Å². The summed E-state index contributed by atoms with van der Waals surface area (Å²) in [6.07, 6.45) is 13.5. The molecule has 0 bridgehead atoms. The minimum atomic E-state index is -0.881. The van der Waals surface area contributed by atoms with Crippen molar-refractivity contribution in [2.45, 2.75) is 124 Å².